The Kier molecular flexibility index (Phi) is 5.68. The monoisotopic (exact) mass is 444 g/mol. The number of rotatable bonds is 4. The van der Waals surface area contributed by atoms with E-state index in [0.29, 0.717) is 35.9 Å². The number of likely N-dealkylation sites (tertiary alicyclic amines) is 1. The van der Waals surface area contributed by atoms with Gasteiger partial charge in [-0.3, -0.25) is 19.4 Å². The second kappa shape index (κ2) is 8.15. The van der Waals surface area contributed by atoms with Gasteiger partial charge in [0.1, 0.15) is 0 Å². The van der Waals surface area contributed by atoms with Crippen LogP contribution in [-0.2, 0) is 11.3 Å². The quantitative estimate of drug-likeness (QED) is 0.669. The standard InChI is InChI=1S/C22H29ClN6O2/c1-12(11-28-16(5)20(23)15(4)25-28)21(30)27-8-6-17(7-9-27)18-10-19-24-14(3)13(2)22(31)29(19)26-18/h10,12,17,26H,6-9,11H2,1-5H3/t12-/m1/s1. The second-order valence-corrected chi connectivity index (χ2v) is 9.08. The summed E-state index contributed by atoms with van der Waals surface area (Å²) in [7, 11) is 0. The average Bonchev–Trinajstić information content (AvgIpc) is 3.28. The number of amides is 1. The Morgan fingerprint density at radius 1 is 1.23 bits per heavy atom. The lowest BCUT2D eigenvalue weighted by molar-refractivity contribution is -0.136. The molecule has 1 N–H and O–H groups in total. The maximum atomic E-state index is 13.0. The molecule has 166 valence electrons. The van der Waals surface area contributed by atoms with Gasteiger partial charge in [0.15, 0.2) is 5.65 Å². The minimum atomic E-state index is -0.174. The Balaban J connectivity index is 1.41. The van der Waals surface area contributed by atoms with Gasteiger partial charge in [0.25, 0.3) is 5.56 Å². The molecule has 0 radical (unpaired) electrons. The van der Waals surface area contributed by atoms with Crippen LogP contribution in [0.3, 0.4) is 0 Å². The number of hydrogen-bond acceptors (Lipinski definition) is 4. The van der Waals surface area contributed by atoms with Crippen LogP contribution in [0.4, 0.5) is 0 Å². The number of fused-ring (bicyclic) bond motifs is 1. The van der Waals surface area contributed by atoms with Gasteiger partial charge in [-0.25, -0.2) is 9.50 Å². The minimum absolute atomic E-state index is 0.0561. The Hall–Kier alpha value is -2.61. The number of halogens is 1. The molecule has 0 aromatic carbocycles. The summed E-state index contributed by atoms with van der Waals surface area (Å²) in [6, 6.07) is 1.96. The third-order valence-corrected chi connectivity index (χ3v) is 7.06. The fourth-order valence-electron chi connectivity index (χ4n) is 4.36. The van der Waals surface area contributed by atoms with Gasteiger partial charge in [-0.05, 0) is 40.5 Å². The number of aryl methyl sites for hydroxylation is 2. The lowest BCUT2D eigenvalue weighted by Gasteiger charge is -2.33. The first-order valence-electron chi connectivity index (χ1n) is 10.7. The highest BCUT2D eigenvalue weighted by Gasteiger charge is 2.28. The summed E-state index contributed by atoms with van der Waals surface area (Å²) in [4.78, 5) is 31.9. The van der Waals surface area contributed by atoms with E-state index in [1.54, 1.807) is 6.92 Å². The number of carbonyl (C=O) groups is 1. The molecule has 1 aliphatic heterocycles. The molecular formula is C22H29ClN6O2. The Labute approximate surface area is 186 Å². The van der Waals surface area contributed by atoms with Crippen LogP contribution in [0.2, 0.25) is 5.02 Å². The maximum Gasteiger partial charge on any atom is 0.275 e. The largest absolute Gasteiger partial charge is 0.342 e. The molecule has 1 fully saturated rings. The third-order valence-electron chi connectivity index (χ3n) is 6.51. The lowest BCUT2D eigenvalue weighted by Crippen LogP contribution is -2.41. The number of aromatic nitrogens is 5. The number of hydrogen-bond donors (Lipinski definition) is 1. The molecule has 0 saturated carbocycles. The normalized spacial score (nSPS) is 16.3. The van der Waals surface area contributed by atoms with E-state index in [9.17, 15) is 9.59 Å². The third kappa shape index (κ3) is 3.89. The molecule has 0 aliphatic carbocycles. The van der Waals surface area contributed by atoms with Crippen molar-refractivity contribution in [3.63, 3.8) is 0 Å². The zero-order valence-electron chi connectivity index (χ0n) is 18.7. The van der Waals surface area contributed by atoms with E-state index < -0.39 is 0 Å². The number of piperidine rings is 1. The highest BCUT2D eigenvalue weighted by molar-refractivity contribution is 6.31. The number of H-pyrrole nitrogens is 1. The molecule has 0 unspecified atom stereocenters. The van der Waals surface area contributed by atoms with Gasteiger partial charge in [-0.1, -0.05) is 18.5 Å². The highest BCUT2D eigenvalue weighted by Crippen LogP contribution is 2.28. The van der Waals surface area contributed by atoms with E-state index >= 15 is 0 Å². The molecule has 1 aliphatic rings. The first-order chi connectivity index (χ1) is 14.7. The van der Waals surface area contributed by atoms with Crippen molar-refractivity contribution in [2.45, 2.75) is 59.9 Å². The van der Waals surface area contributed by atoms with Crippen molar-refractivity contribution in [2.24, 2.45) is 5.92 Å². The van der Waals surface area contributed by atoms with Crippen molar-refractivity contribution in [1.82, 2.24) is 29.3 Å². The van der Waals surface area contributed by atoms with E-state index in [0.717, 1.165) is 35.6 Å². The topological polar surface area (TPSA) is 88.3 Å². The van der Waals surface area contributed by atoms with Crippen molar-refractivity contribution in [3.05, 3.63) is 49.8 Å². The molecule has 4 heterocycles. The summed E-state index contributed by atoms with van der Waals surface area (Å²) in [6.45, 7) is 11.3. The van der Waals surface area contributed by atoms with Crippen molar-refractivity contribution in [1.29, 1.82) is 0 Å². The van der Waals surface area contributed by atoms with Gasteiger partial charge in [0, 0.05) is 42.0 Å². The summed E-state index contributed by atoms with van der Waals surface area (Å²) in [5.74, 6) is 0.242. The highest BCUT2D eigenvalue weighted by atomic mass is 35.5. The van der Waals surface area contributed by atoms with Crippen LogP contribution in [0.1, 0.15) is 54.0 Å². The summed E-state index contributed by atoms with van der Waals surface area (Å²) < 4.78 is 3.35. The number of nitrogens with zero attached hydrogens (tertiary/aromatic N) is 5. The predicted molar refractivity (Wildman–Crippen MR) is 120 cm³/mol. The van der Waals surface area contributed by atoms with Crippen molar-refractivity contribution < 1.29 is 4.79 Å². The summed E-state index contributed by atoms with van der Waals surface area (Å²) in [6.07, 6.45) is 1.70. The van der Waals surface area contributed by atoms with Gasteiger partial charge < -0.3 is 4.90 Å². The number of carbonyl (C=O) groups excluding carboxylic acids is 1. The number of aromatic amines is 1. The fourth-order valence-corrected chi connectivity index (χ4v) is 4.49. The molecule has 4 rings (SSSR count). The van der Waals surface area contributed by atoms with Crippen LogP contribution in [0, 0.1) is 33.6 Å². The number of nitrogens with one attached hydrogen (secondary N) is 1. The first-order valence-corrected chi connectivity index (χ1v) is 11.1. The fraction of sp³-hybridized carbons (Fsp3) is 0.545. The zero-order valence-corrected chi connectivity index (χ0v) is 19.5. The molecule has 1 atom stereocenters. The molecule has 9 heteroatoms. The first kappa shape index (κ1) is 21.6. The predicted octanol–water partition coefficient (Wildman–Crippen LogP) is 3.15. The Morgan fingerprint density at radius 3 is 2.52 bits per heavy atom. The van der Waals surface area contributed by atoms with Crippen LogP contribution in [0.5, 0.6) is 0 Å². The van der Waals surface area contributed by atoms with Crippen molar-refractivity contribution in [2.75, 3.05) is 13.1 Å². The van der Waals surface area contributed by atoms with Gasteiger partial charge in [-0.2, -0.15) is 5.10 Å². The molecule has 1 saturated heterocycles. The van der Waals surface area contributed by atoms with Gasteiger partial charge in [-0.15, -0.1) is 0 Å². The summed E-state index contributed by atoms with van der Waals surface area (Å²) >= 11 is 6.23. The Morgan fingerprint density at radius 2 is 1.90 bits per heavy atom. The lowest BCUT2D eigenvalue weighted by atomic mass is 9.93. The van der Waals surface area contributed by atoms with Crippen LogP contribution in [0.25, 0.3) is 5.65 Å². The van der Waals surface area contributed by atoms with Crippen molar-refractivity contribution >= 4 is 23.2 Å². The van der Waals surface area contributed by atoms with E-state index in [4.69, 9.17) is 11.6 Å². The van der Waals surface area contributed by atoms with E-state index in [1.165, 1.54) is 4.52 Å². The Bertz CT molecular complexity index is 1200. The van der Waals surface area contributed by atoms with Crippen LogP contribution >= 0.6 is 11.6 Å². The van der Waals surface area contributed by atoms with Gasteiger partial charge in [0.05, 0.1) is 28.9 Å². The van der Waals surface area contributed by atoms with E-state index in [2.05, 4.69) is 15.2 Å². The van der Waals surface area contributed by atoms with E-state index in [-0.39, 0.29) is 23.3 Å². The van der Waals surface area contributed by atoms with Crippen LogP contribution in [-0.4, -0.2) is 48.3 Å². The smallest absolute Gasteiger partial charge is 0.275 e. The molecule has 0 bridgehead atoms. The molecule has 0 spiro atoms. The molecular weight excluding hydrogens is 416 g/mol. The summed E-state index contributed by atoms with van der Waals surface area (Å²) in [5.41, 5.74) is 4.70. The molecule has 3 aromatic heterocycles. The molecule has 31 heavy (non-hydrogen) atoms. The van der Waals surface area contributed by atoms with Crippen LogP contribution < -0.4 is 5.56 Å². The zero-order chi connectivity index (χ0) is 22.4. The minimum Gasteiger partial charge on any atom is -0.342 e. The molecule has 8 nitrogen and oxygen atoms in total. The second-order valence-electron chi connectivity index (χ2n) is 8.70. The van der Waals surface area contributed by atoms with E-state index in [1.807, 2.05) is 43.3 Å². The van der Waals surface area contributed by atoms with Gasteiger partial charge >= 0.3 is 0 Å². The van der Waals surface area contributed by atoms with Gasteiger partial charge in [0.2, 0.25) is 5.91 Å². The molecule has 1 amide bonds. The maximum absolute atomic E-state index is 13.0. The summed E-state index contributed by atoms with van der Waals surface area (Å²) in [5, 5.41) is 8.34. The average molecular weight is 445 g/mol. The van der Waals surface area contributed by atoms with Crippen LogP contribution in [0.15, 0.2) is 10.9 Å². The van der Waals surface area contributed by atoms with Crippen molar-refractivity contribution in [3.8, 4) is 0 Å². The SMILES string of the molecule is Cc1nn(C[C@@H](C)C(=O)N2CCC(c3cc4nc(C)c(C)c(=O)n4[nH]3)CC2)c(C)c1Cl. The molecule has 3 aromatic rings.